The highest BCUT2D eigenvalue weighted by atomic mass is 19.1. The predicted molar refractivity (Wildman–Crippen MR) is 93.0 cm³/mol. The van der Waals surface area contributed by atoms with E-state index in [1.165, 1.54) is 25.0 Å². The SMILES string of the molecule is Fc1ccc2onc(CN3CCN(Cc4cc(C5CC5)on4)CC3)c2c1. The van der Waals surface area contributed by atoms with Crippen LogP contribution in [0.15, 0.2) is 33.3 Å². The Hall–Kier alpha value is -2.25. The summed E-state index contributed by atoms with van der Waals surface area (Å²) < 4.78 is 24.2. The minimum atomic E-state index is -0.259. The Morgan fingerprint density at radius 3 is 2.50 bits per heavy atom. The second-order valence-corrected chi connectivity index (χ2v) is 7.32. The summed E-state index contributed by atoms with van der Waals surface area (Å²) >= 11 is 0. The molecule has 7 heteroatoms. The van der Waals surface area contributed by atoms with Crippen LogP contribution in [0.25, 0.3) is 11.0 Å². The van der Waals surface area contributed by atoms with Gasteiger partial charge in [0.15, 0.2) is 5.58 Å². The van der Waals surface area contributed by atoms with Crippen LogP contribution in [0.1, 0.15) is 35.9 Å². The van der Waals surface area contributed by atoms with E-state index in [4.69, 9.17) is 9.05 Å². The van der Waals surface area contributed by atoms with Gasteiger partial charge in [-0.2, -0.15) is 0 Å². The van der Waals surface area contributed by atoms with Crippen molar-refractivity contribution in [1.29, 1.82) is 0 Å². The zero-order valence-corrected chi connectivity index (χ0v) is 14.5. The zero-order valence-electron chi connectivity index (χ0n) is 14.5. The second kappa shape index (κ2) is 6.48. The van der Waals surface area contributed by atoms with E-state index in [0.717, 1.165) is 55.3 Å². The molecule has 3 aromatic rings. The highest BCUT2D eigenvalue weighted by Crippen LogP contribution is 2.40. The van der Waals surface area contributed by atoms with Gasteiger partial charge in [0.05, 0.1) is 5.69 Å². The maximum atomic E-state index is 13.5. The lowest BCUT2D eigenvalue weighted by Gasteiger charge is -2.33. The van der Waals surface area contributed by atoms with Crippen LogP contribution < -0.4 is 0 Å². The quantitative estimate of drug-likeness (QED) is 0.700. The van der Waals surface area contributed by atoms with Gasteiger partial charge in [0.1, 0.15) is 17.3 Å². The monoisotopic (exact) mass is 356 g/mol. The summed E-state index contributed by atoms with van der Waals surface area (Å²) in [5.41, 5.74) is 2.47. The number of halogens is 1. The first-order chi connectivity index (χ1) is 12.7. The standard InChI is InChI=1S/C19H21FN4O2/c20-14-3-4-18-16(9-14)17(22-25-18)12-24-7-5-23(6-8-24)11-15-10-19(26-21-15)13-1-2-13/h3-4,9-10,13H,1-2,5-8,11-12H2. The molecule has 2 aromatic heterocycles. The van der Waals surface area contributed by atoms with Crippen molar-refractivity contribution in [2.45, 2.75) is 31.8 Å². The summed E-state index contributed by atoms with van der Waals surface area (Å²) in [7, 11) is 0. The summed E-state index contributed by atoms with van der Waals surface area (Å²) in [6.07, 6.45) is 2.46. The van der Waals surface area contributed by atoms with Crippen LogP contribution in [-0.2, 0) is 13.1 Å². The van der Waals surface area contributed by atoms with Gasteiger partial charge in [-0.15, -0.1) is 0 Å². The van der Waals surface area contributed by atoms with Gasteiger partial charge in [0.2, 0.25) is 0 Å². The third-order valence-corrected chi connectivity index (χ3v) is 5.29. The smallest absolute Gasteiger partial charge is 0.167 e. The summed E-state index contributed by atoms with van der Waals surface area (Å²) in [6.45, 7) is 5.34. The van der Waals surface area contributed by atoms with Crippen LogP contribution >= 0.6 is 0 Å². The molecule has 6 nitrogen and oxygen atoms in total. The van der Waals surface area contributed by atoms with E-state index in [1.807, 2.05) is 0 Å². The van der Waals surface area contributed by atoms with Crippen molar-refractivity contribution in [2.75, 3.05) is 26.2 Å². The Balaban J connectivity index is 1.18. The van der Waals surface area contributed by atoms with Gasteiger partial charge in [0.25, 0.3) is 0 Å². The van der Waals surface area contributed by atoms with Gasteiger partial charge in [-0.05, 0) is 31.0 Å². The van der Waals surface area contributed by atoms with E-state index in [9.17, 15) is 4.39 Å². The molecule has 2 fully saturated rings. The predicted octanol–water partition coefficient (Wildman–Crippen LogP) is 3.15. The number of hydrogen-bond acceptors (Lipinski definition) is 6. The van der Waals surface area contributed by atoms with Crippen LogP contribution in [0.3, 0.4) is 0 Å². The van der Waals surface area contributed by atoms with E-state index >= 15 is 0 Å². The number of benzene rings is 1. The first kappa shape index (κ1) is 16.0. The van der Waals surface area contributed by atoms with Crippen molar-refractivity contribution >= 4 is 11.0 Å². The van der Waals surface area contributed by atoms with Crippen molar-refractivity contribution in [3.63, 3.8) is 0 Å². The van der Waals surface area contributed by atoms with E-state index < -0.39 is 0 Å². The van der Waals surface area contributed by atoms with E-state index in [2.05, 4.69) is 26.2 Å². The normalized spacial score (nSPS) is 19.4. The van der Waals surface area contributed by atoms with Crippen molar-refractivity contribution in [3.05, 3.63) is 47.2 Å². The van der Waals surface area contributed by atoms with Crippen LogP contribution in [0.5, 0.6) is 0 Å². The topological polar surface area (TPSA) is 58.5 Å². The zero-order chi connectivity index (χ0) is 17.5. The molecule has 3 heterocycles. The molecule has 0 N–H and O–H groups in total. The highest BCUT2D eigenvalue weighted by Gasteiger charge is 2.28. The number of piperazine rings is 1. The number of fused-ring (bicyclic) bond motifs is 1. The van der Waals surface area contributed by atoms with Crippen molar-refractivity contribution in [3.8, 4) is 0 Å². The third-order valence-electron chi connectivity index (χ3n) is 5.29. The Kier molecular flexibility index (Phi) is 3.98. The van der Waals surface area contributed by atoms with E-state index in [1.54, 1.807) is 6.07 Å². The van der Waals surface area contributed by atoms with Crippen LogP contribution in [0.4, 0.5) is 4.39 Å². The molecular weight excluding hydrogens is 335 g/mol. The molecule has 136 valence electrons. The van der Waals surface area contributed by atoms with Gasteiger partial charge in [-0.1, -0.05) is 10.3 Å². The summed E-state index contributed by atoms with van der Waals surface area (Å²) in [6, 6.07) is 6.64. The average molecular weight is 356 g/mol. The number of aromatic nitrogens is 2. The van der Waals surface area contributed by atoms with E-state index in [0.29, 0.717) is 18.0 Å². The lowest BCUT2D eigenvalue weighted by molar-refractivity contribution is 0.118. The van der Waals surface area contributed by atoms with Crippen molar-refractivity contribution in [2.24, 2.45) is 0 Å². The molecule has 0 bridgehead atoms. The largest absolute Gasteiger partial charge is 0.361 e. The van der Waals surface area contributed by atoms with Gasteiger partial charge < -0.3 is 9.05 Å². The second-order valence-electron chi connectivity index (χ2n) is 7.32. The molecule has 1 saturated heterocycles. The molecule has 0 spiro atoms. The molecule has 1 aliphatic carbocycles. The van der Waals surface area contributed by atoms with Gasteiger partial charge in [-0.3, -0.25) is 9.80 Å². The molecular formula is C19H21FN4O2. The first-order valence-electron chi connectivity index (χ1n) is 9.18. The maximum Gasteiger partial charge on any atom is 0.167 e. The minimum absolute atomic E-state index is 0.259. The molecule has 26 heavy (non-hydrogen) atoms. The molecule has 1 aliphatic heterocycles. The molecule has 0 atom stereocenters. The van der Waals surface area contributed by atoms with Gasteiger partial charge in [0, 0.05) is 56.6 Å². The Morgan fingerprint density at radius 2 is 1.73 bits per heavy atom. The van der Waals surface area contributed by atoms with Crippen LogP contribution in [0, 0.1) is 5.82 Å². The molecule has 5 rings (SSSR count). The van der Waals surface area contributed by atoms with Crippen LogP contribution in [0.2, 0.25) is 0 Å². The fourth-order valence-corrected chi connectivity index (χ4v) is 3.58. The number of rotatable bonds is 5. The lowest BCUT2D eigenvalue weighted by atomic mass is 10.2. The molecule has 0 radical (unpaired) electrons. The molecule has 0 amide bonds. The summed E-state index contributed by atoms with van der Waals surface area (Å²) in [5, 5.41) is 9.10. The van der Waals surface area contributed by atoms with Gasteiger partial charge >= 0.3 is 0 Å². The Morgan fingerprint density at radius 1 is 0.962 bits per heavy atom. The molecule has 1 aromatic carbocycles. The fourth-order valence-electron chi connectivity index (χ4n) is 3.58. The third kappa shape index (κ3) is 3.24. The van der Waals surface area contributed by atoms with Crippen LogP contribution in [-0.4, -0.2) is 46.3 Å². The average Bonchev–Trinajstić information content (AvgIpc) is 3.28. The highest BCUT2D eigenvalue weighted by molar-refractivity contribution is 5.79. The Labute approximate surface area is 150 Å². The molecule has 2 aliphatic rings. The lowest BCUT2D eigenvalue weighted by Crippen LogP contribution is -2.45. The van der Waals surface area contributed by atoms with Crippen molar-refractivity contribution < 1.29 is 13.4 Å². The maximum absolute atomic E-state index is 13.5. The van der Waals surface area contributed by atoms with Gasteiger partial charge in [-0.25, -0.2) is 4.39 Å². The molecule has 0 unspecified atom stereocenters. The number of hydrogen-bond donors (Lipinski definition) is 0. The summed E-state index contributed by atoms with van der Waals surface area (Å²) in [4.78, 5) is 4.72. The number of nitrogens with zero attached hydrogens (tertiary/aromatic N) is 4. The molecule has 1 saturated carbocycles. The Bertz CT molecular complexity index is 909. The van der Waals surface area contributed by atoms with E-state index in [-0.39, 0.29) is 5.82 Å². The first-order valence-corrected chi connectivity index (χ1v) is 9.18. The summed E-state index contributed by atoms with van der Waals surface area (Å²) in [5.74, 6) is 1.39. The minimum Gasteiger partial charge on any atom is -0.361 e. The van der Waals surface area contributed by atoms with Crippen molar-refractivity contribution in [1.82, 2.24) is 20.1 Å². The fraction of sp³-hybridized carbons (Fsp3) is 0.474.